The van der Waals surface area contributed by atoms with Gasteiger partial charge in [-0.15, -0.1) is 10.2 Å². The summed E-state index contributed by atoms with van der Waals surface area (Å²) < 4.78 is 0.754. The molecule has 0 aliphatic rings. The van der Waals surface area contributed by atoms with Gasteiger partial charge < -0.3 is 10.6 Å². The van der Waals surface area contributed by atoms with Gasteiger partial charge in [0.25, 0.3) is 0 Å². The maximum Gasteiger partial charge on any atom is 0.237 e. The zero-order chi connectivity index (χ0) is 15.4. The zero-order valence-corrected chi connectivity index (χ0v) is 14.2. The van der Waals surface area contributed by atoms with E-state index < -0.39 is 0 Å². The number of halogens is 1. The second kappa shape index (κ2) is 7.11. The fourth-order valence-corrected chi connectivity index (χ4v) is 3.56. The molecule has 2 N–H and O–H groups in total. The van der Waals surface area contributed by atoms with Crippen molar-refractivity contribution < 1.29 is 4.79 Å². The highest BCUT2D eigenvalue weighted by Gasteiger charge is 2.18. The standard InChI is InChI=1S/C13H15ClN4OS2/c1-7-9(14)5-4-6-10(7)16-11(19)8(2)20-13-18-17-12(15-3)21-13/h4-6,8H,1-3H3,(H,15,17)(H,16,19)/t8-/m1/s1. The molecule has 0 spiro atoms. The van der Waals surface area contributed by atoms with E-state index in [1.165, 1.54) is 23.1 Å². The fourth-order valence-electron chi connectivity index (χ4n) is 1.54. The highest BCUT2D eigenvalue weighted by atomic mass is 35.5. The van der Waals surface area contributed by atoms with Gasteiger partial charge in [0, 0.05) is 17.8 Å². The summed E-state index contributed by atoms with van der Waals surface area (Å²) in [6, 6.07) is 5.44. The van der Waals surface area contributed by atoms with E-state index in [-0.39, 0.29) is 11.2 Å². The minimum Gasteiger partial charge on any atom is -0.363 e. The van der Waals surface area contributed by atoms with Gasteiger partial charge in [0.2, 0.25) is 11.0 Å². The molecule has 1 aromatic carbocycles. The van der Waals surface area contributed by atoms with Gasteiger partial charge in [-0.3, -0.25) is 4.79 Å². The lowest BCUT2D eigenvalue weighted by Gasteiger charge is -2.12. The molecule has 112 valence electrons. The molecular weight excluding hydrogens is 328 g/mol. The molecular formula is C13H15ClN4OS2. The van der Waals surface area contributed by atoms with Crippen LogP contribution in [-0.4, -0.2) is 28.4 Å². The second-order valence-corrected chi connectivity index (χ2v) is 7.26. The summed E-state index contributed by atoms with van der Waals surface area (Å²) in [6.45, 7) is 3.71. The lowest BCUT2D eigenvalue weighted by atomic mass is 10.2. The maximum atomic E-state index is 12.2. The third-order valence-electron chi connectivity index (χ3n) is 2.79. The van der Waals surface area contributed by atoms with Gasteiger partial charge in [-0.05, 0) is 31.5 Å². The highest BCUT2D eigenvalue weighted by molar-refractivity contribution is 8.02. The van der Waals surface area contributed by atoms with Crippen molar-refractivity contribution in [2.45, 2.75) is 23.4 Å². The number of hydrogen-bond donors (Lipinski definition) is 2. The molecule has 0 saturated carbocycles. The number of benzene rings is 1. The Balaban J connectivity index is 2.00. The molecule has 8 heteroatoms. The van der Waals surface area contributed by atoms with Crippen molar-refractivity contribution in [3.8, 4) is 0 Å². The van der Waals surface area contributed by atoms with Gasteiger partial charge in [-0.1, -0.05) is 40.8 Å². The van der Waals surface area contributed by atoms with Gasteiger partial charge >= 0.3 is 0 Å². The average Bonchev–Trinajstić information content (AvgIpc) is 2.91. The third-order valence-corrected chi connectivity index (χ3v) is 5.33. The van der Waals surface area contributed by atoms with E-state index in [0.717, 1.165) is 20.7 Å². The van der Waals surface area contributed by atoms with Gasteiger partial charge in [0.05, 0.1) is 5.25 Å². The molecule has 2 rings (SSSR count). The van der Waals surface area contributed by atoms with E-state index in [9.17, 15) is 4.79 Å². The van der Waals surface area contributed by atoms with E-state index in [1.807, 2.05) is 26.0 Å². The largest absolute Gasteiger partial charge is 0.363 e. The Morgan fingerprint density at radius 1 is 1.43 bits per heavy atom. The molecule has 1 atom stereocenters. The number of thioether (sulfide) groups is 1. The fraction of sp³-hybridized carbons (Fsp3) is 0.308. The third kappa shape index (κ3) is 4.09. The lowest BCUT2D eigenvalue weighted by molar-refractivity contribution is -0.115. The van der Waals surface area contributed by atoms with E-state index in [1.54, 1.807) is 13.1 Å². The molecule has 0 fully saturated rings. The molecule has 0 unspecified atom stereocenters. The molecule has 21 heavy (non-hydrogen) atoms. The molecule has 1 amide bonds. The van der Waals surface area contributed by atoms with Gasteiger partial charge in [-0.2, -0.15) is 0 Å². The van der Waals surface area contributed by atoms with Crippen LogP contribution in [0, 0.1) is 6.92 Å². The molecule has 0 aliphatic carbocycles. The second-order valence-electron chi connectivity index (χ2n) is 4.28. The van der Waals surface area contributed by atoms with Crippen molar-refractivity contribution in [3.05, 3.63) is 28.8 Å². The van der Waals surface area contributed by atoms with Crippen LogP contribution >= 0.6 is 34.7 Å². The van der Waals surface area contributed by atoms with E-state index in [0.29, 0.717) is 5.02 Å². The quantitative estimate of drug-likeness (QED) is 0.812. The molecule has 0 saturated heterocycles. The first-order chi connectivity index (χ1) is 10.0. The van der Waals surface area contributed by atoms with Crippen LogP contribution in [0.1, 0.15) is 12.5 Å². The Hall–Kier alpha value is -1.31. The highest BCUT2D eigenvalue weighted by Crippen LogP contribution is 2.30. The number of aromatic nitrogens is 2. The Morgan fingerprint density at radius 3 is 2.86 bits per heavy atom. The topological polar surface area (TPSA) is 66.9 Å². The number of nitrogens with zero attached hydrogens (tertiary/aromatic N) is 2. The number of amides is 1. The van der Waals surface area contributed by atoms with Crippen molar-refractivity contribution in [3.63, 3.8) is 0 Å². The van der Waals surface area contributed by atoms with Crippen LogP contribution in [0.25, 0.3) is 0 Å². The SMILES string of the molecule is CNc1nnc(S[C@H](C)C(=O)Nc2cccc(Cl)c2C)s1. The van der Waals surface area contributed by atoms with Crippen molar-refractivity contribution in [1.82, 2.24) is 10.2 Å². The minimum absolute atomic E-state index is 0.0911. The first-order valence-electron chi connectivity index (χ1n) is 6.25. The number of nitrogens with one attached hydrogen (secondary N) is 2. The van der Waals surface area contributed by atoms with Crippen molar-refractivity contribution in [2.24, 2.45) is 0 Å². The minimum atomic E-state index is -0.277. The number of anilines is 2. The molecule has 2 aromatic rings. The molecule has 0 radical (unpaired) electrons. The first-order valence-corrected chi connectivity index (χ1v) is 8.32. The summed E-state index contributed by atoms with van der Waals surface area (Å²) in [5, 5.41) is 14.9. The lowest BCUT2D eigenvalue weighted by Crippen LogP contribution is -2.22. The Morgan fingerprint density at radius 2 is 2.19 bits per heavy atom. The Labute approximate surface area is 136 Å². The normalized spacial score (nSPS) is 12.0. The first kappa shape index (κ1) is 16.1. The summed E-state index contributed by atoms with van der Waals surface area (Å²) in [5.74, 6) is -0.0911. The van der Waals surface area contributed by atoms with Crippen LogP contribution in [0.4, 0.5) is 10.8 Å². The van der Waals surface area contributed by atoms with Crippen LogP contribution in [0.3, 0.4) is 0 Å². The number of rotatable bonds is 5. The molecule has 0 bridgehead atoms. The van der Waals surface area contributed by atoms with Crippen LogP contribution in [0.5, 0.6) is 0 Å². The van der Waals surface area contributed by atoms with Crippen LogP contribution in [0.2, 0.25) is 5.02 Å². The van der Waals surface area contributed by atoms with Crippen LogP contribution in [-0.2, 0) is 4.79 Å². The molecule has 0 aliphatic heterocycles. The Kier molecular flexibility index (Phi) is 5.44. The summed E-state index contributed by atoms with van der Waals surface area (Å²) in [7, 11) is 1.78. The van der Waals surface area contributed by atoms with Gasteiger partial charge in [0.1, 0.15) is 0 Å². The van der Waals surface area contributed by atoms with Crippen molar-refractivity contribution in [2.75, 3.05) is 17.7 Å². The smallest absolute Gasteiger partial charge is 0.237 e. The molecule has 1 aromatic heterocycles. The van der Waals surface area contributed by atoms with Gasteiger partial charge in [0.15, 0.2) is 4.34 Å². The summed E-state index contributed by atoms with van der Waals surface area (Å²) in [4.78, 5) is 12.2. The van der Waals surface area contributed by atoms with E-state index in [4.69, 9.17) is 11.6 Å². The number of hydrogen-bond acceptors (Lipinski definition) is 6. The predicted octanol–water partition coefficient (Wildman–Crippen LogP) is 3.66. The van der Waals surface area contributed by atoms with Crippen molar-refractivity contribution in [1.29, 1.82) is 0 Å². The van der Waals surface area contributed by atoms with E-state index >= 15 is 0 Å². The molecule has 1 heterocycles. The van der Waals surface area contributed by atoms with Crippen molar-refractivity contribution >= 4 is 51.4 Å². The van der Waals surface area contributed by atoms with Crippen LogP contribution in [0.15, 0.2) is 22.5 Å². The number of carbonyl (C=O) groups is 1. The summed E-state index contributed by atoms with van der Waals surface area (Å²) in [5.41, 5.74) is 1.59. The summed E-state index contributed by atoms with van der Waals surface area (Å²) >= 11 is 8.84. The maximum absolute atomic E-state index is 12.2. The van der Waals surface area contributed by atoms with Crippen LogP contribution < -0.4 is 10.6 Å². The monoisotopic (exact) mass is 342 g/mol. The Bertz CT molecular complexity index is 647. The van der Waals surface area contributed by atoms with Gasteiger partial charge in [-0.25, -0.2) is 0 Å². The number of carbonyl (C=O) groups excluding carboxylic acids is 1. The predicted molar refractivity (Wildman–Crippen MR) is 89.6 cm³/mol. The molecule has 5 nitrogen and oxygen atoms in total. The zero-order valence-electron chi connectivity index (χ0n) is 11.8. The summed E-state index contributed by atoms with van der Waals surface area (Å²) in [6.07, 6.45) is 0. The van der Waals surface area contributed by atoms with E-state index in [2.05, 4.69) is 20.8 Å². The average molecular weight is 343 g/mol.